The van der Waals surface area contributed by atoms with E-state index in [2.05, 4.69) is 177 Å². The molecule has 560 valence electrons. The van der Waals surface area contributed by atoms with E-state index in [-0.39, 0.29) is 83.0 Å². The molecule has 0 radical (unpaired) electrons. The van der Waals surface area contributed by atoms with E-state index in [0.29, 0.717) is 101 Å². The fourth-order valence-corrected chi connectivity index (χ4v) is 13.9. The van der Waals surface area contributed by atoms with Gasteiger partial charge in [-0.3, -0.25) is 58.1 Å². The standard InChI is InChI=1S/2C12H24N2O.3C12H23NO.C10H21NO.C9H19NO/c1-9(2)12(15)11-8-13(5)6-7-14(11)10(3)4;1-9(2)12(15)11-7-6-8-13(5)14(11)10(3)4;1-8(2)12(14)11-6-10(5)7-13(11)9(3)4;1-8(2)12(14)11-10(5)6-7-13(11)9(3)4;1-8(2)12(14)11-7-6-10(5)13(11)9(3)4;1-7(2)9(12)10(5,6)11-8(3)4;1-7(2)9(11)6-10(5)8(3)4/h2*9-11H,6-8H2,1-5H3;3*8-11H,6-7H2,1-5H3;7-8,11H,1-6H3;7-8H,6H2,1-5H3. The molecule has 95 heavy (non-hydrogen) atoms. The Morgan fingerprint density at radius 2 is 0.905 bits per heavy atom. The molecule has 8 atom stereocenters. The Hall–Kier alpha value is -2.67. The highest BCUT2D eigenvalue weighted by atomic mass is 16.2. The van der Waals surface area contributed by atoms with Gasteiger partial charge in [-0.1, -0.05) is 111 Å². The highest BCUT2D eigenvalue weighted by Gasteiger charge is 2.41. The van der Waals surface area contributed by atoms with Crippen LogP contribution in [-0.2, 0) is 33.6 Å². The van der Waals surface area contributed by atoms with Gasteiger partial charge in [0.1, 0.15) is 5.78 Å². The van der Waals surface area contributed by atoms with Crippen LogP contribution in [0.15, 0.2) is 0 Å². The van der Waals surface area contributed by atoms with Crippen molar-refractivity contribution in [2.24, 2.45) is 53.3 Å². The van der Waals surface area contributed by atoms with E-state index in [4.69, 9.17) is 0 Å². The minimum atomic E-state index is -0.387. The Kier molecular flexibility index (Phi) is 45.0. The molecule has 0 spiro atoms. The van der Waals surface area contributed by atoms with Gasteiger partial charge >= 0.3 is 0 Å². The molecule has 16 nitrogen and oxygen atoms in total. The van der Waals surface area contributed by atoms with Gasteiger partial charge < -0.3 is 10.2 Å². The zero-order valence-corrected chi connectivity index (χ0v) is 68.8. The third-order valence-corrected chi connectivity index (χ3v) is 19.6. The van der Waals surface area contributed by atoms with Crippen molar-refractivity contribution in [1.82, 2.24) is 44.7 Å². The molecule has 5 fully saturated rings. The fourth-order valence-electron chi connectivity index (χ4n) is 13.9. The fraction of sp³-hybridized carbons (Fsp3) is 0.911. The zero-order chi connectivity index (χ0) is 74.8. The lowest BCUT2D eigenvalue weighted by molar-refractivity contribution is -0.146. The molecule has 5 aliphatic rings. The van der Waals surface area contributed by atoms with Crippen molar-refractivity contribution >= 4 is 40.5 Å². The molecule has 5 aliphatic heterocycles. The van der Waals surface area contributed by atoms with Crippen molar-refractivity contribution in [3.05, 3.63) is 0 Å². The number of nitrogens with one attached hydrogen (secondary N) is 1. The van der Waals surface area contributed by atoms with E-state index < -0.39 is 0 Å². The number of Topliss-reactive ketones (excluding diaryl/α,β-unsaturated/α-hetero) is 7. The van der Waals surface area contributed by atoms with Crippen LogP contribution in [0, 0.1) is 53.3 Å². The van der Waals surface area contributed by atoms with E-state index in [1.807, 2.05) is 118 Å². The molecule has 0 aromatic carbocycles. The van der Waals surface area contributed by atoms with Crippen LogP contribution in [0.5, 0.6) is 0 Å². The first-order chi connectivity index (χ1) is 43.4. The summed E-state index contributed by atoms with van der Waals surface area (Å²) in [6, 6.07) is 4.47. The SMILES string of the molecule is CC(C)C(=O)C1C(C)CCN1C(C)C.CC(C)C(=O)C1CCC(C)N1C(C)C.CC(C)C(=O)C1CCCN(C)N1C(C)C.CC(C)C(=O)C1CN(C)CCN1C(C)C.CC(C)C(=O)CN(C)C(C)C.CC(C)NC(C)(C)C(=O)C(C)C.CC1CC(C(=O)C(C)C)N(C(C)C)C1. The third kappa shape index (κ3) is 32.7. The summed E-state index contributed by atoms with van der Waals surface area (Å²) in [5, 5.41) is 7.70. The number of rotatable bonds is 23. The van der Waals surface area contributed by atoms with Crippen LogP contribution in [0.25, 0.3) is 0 Å². The molecule has 5 saturated heterocycles. The lowest BCUT2D eigenvalue weighted by Crippen LogP contribution is -2.58. The number of piperazine rings is 1. The summed E-state index contributed by atoms with van der Waals surface area (Å²) in [6.07, 6.45) is 6.58. The number of carbonyl (C=O) groups is 7. The molecule has 16 heteroatoms. The second kappa shape index (κ2) is 45.3. The van der Waals surface area contributed by atoms with Crippen molar-refractivity contribution in [3.63, 3.8) is 0 Å². The van der Waals surface area contributed by atoms with Gasteiger partial charge in [-0.2, -0.15) is 0 Å². The van der Waals surface area contributed by atoms with E-state index in [1.165, 1.54) is 12.8 Å². The summed E-state index contributed by atoms with van der Waals surface area (Å²) in [5.74, 6) is 4.89. The summed E-state index contributed by atoms with van der Waals surface area (Å²) in [5.41, 5.74) is -0.387. The highest BCUT2D eigenvalue weighted by Crippen LogP contribution is 2.31. The summed E-state index contributed by atoms with van der Waals surface area (Å²) >= 11 is 0. The van der Waals surface area contributed by atoms with Gasteiger partial charge in [0, 0.05) is 130 Å². The molecule has 0 bridgehead atoms. The van der Waals surface area contributed by atoms with Crippen LogP contribution >= 0.6 is 0 Å². The summed E-state index contributed by atoms with van der Waals surface area (Å²) in [7, 11) is 6.16. The van der Waals surface area contributed by atoms with Crippen molar-refractivity contribution in [2.75, 3.05) is 67.0 Å². The normalized spacial score (nSPS) is 23.7. The molecule has 8 unspecified atom stereocenters. The van der Waals surface area contributed by atoms with Gasteiger partial charge in [0.2, 0.25) is 0 Å². The van der Waals surface area contributed by atoms with Crippen LogP contribution in [0.1, 0.15) is 267 Å². The van der Waals surface area contributed by atoms with Crippen molar-refractivity contribution in [2.45, 2.75) is 351 Å². The van der Waals surface area contributed by atoms with Crippen LogP contribution in [0.4, 0.5) is 0 Å². The molecule has 0 amide bonds. The molecule has 0 aromatic rings. The van der Waals surface area contributed by atoms with Gasteiger partial charge in [-0.25, -0.2) is 10.0 Å². The lowest BCUT2D eigenvalue weighted by Gasteiger charge is -2.44. The van der Waals surface area contributed by atoms with Crippen LogP contribution in [-0.4, -0.2) is 231 Å². The average Bonchev–Trinajstić information content (AvgIpc) is 1.80. The summed E-state index contributed by atoms with van der Waals surface area (Å²) in [6.45, 7) is 75.1. The minimum Gasteiger partial charge on any atom is -0.303 e. The van der Waals surface area contributed by atoms with Crippen LogP contribution < -0.4 is 5.32 Å². The first-order valence-corrected chi connectivity index (χ1v) is 37.9. The minimum absolute atomic E-state index is 0.101. The Morgan fingerprint density at radius 1 is 0.453 bits per heavy atom. The summed E-state index contributed by atoms with van der Waals surface area (Å²) < 4.78 is 0. The van der Waals surface area contributed by atoms with Crippen LogP contribution in [0.3, 0.4) is 0 Å². The number of hydrazine groups is 1. The molecule has 5 rings (SSSR count). The number of hydrogen-bond donors (Lipinski definition) is 1. The maximum atomic E-state index is 12.1. The van der Waals surface area contributed by atoms with Crippen LogP contribution in [0.2, 0.25) is 0 Å². The van der Waals surface area contributed by atoms with Gasteiger partial charge in [0.25, 0.3) is 0 Å². The van der Waals surface area contributed by atoms with Crippen molar-refractivity contribution < 1.29 is 33.6 Å². The largest absolute Gasteiger partial charge is 0.303 e. The van der Waals surface area contributed by atoms with E-state index in [0.717, 1.165) is 65.0 Å². The number of likely N-dealkylation sites (tertiary alicyclic amines) is 3. The molecule has 5 heterocycles. The van der Waals surface area contributed by atoms with Crippen molar-refractivity contribution in [3.8, 4) is 0 Å². The second-order valence-electron chi connectivity index (χ2n) is 33.7. The monoisotopic (exact) mass is 1340 g/mol. The number of hydrogen-bond acceptors (Lipinski definition) is 16. The predicted molar refractivity (Wildman–Crippen MR) is 403 cm³/mol. The second-order valence-corrected chi connectivity index (χ2v) is 33.7. The highest BCUT2D eigenvalue weighted by molar-refractivity contribution is 5.89. The van der Waals surface area contributed by atoms with E-state index in [1.54, 1.807) is 0 Å². The average molecular weight is 1350 g/mol. The molecule has 1 N–H and O–H groups in total. The quantitative estimate of drug-likeness (QED) is 0.103. The maximum Gasteiger partial charge on any atom is 0.154 e. The van der Waals surface area contributed by atoms with Gasteiger partial charge in [0.05, 0.1) is 42.3 Å². The van der Waals surface area contributed by atoms with Gasteiger partial charge in [0.15, 0.2) is 34.7 Å². The Morgan fingerprint density at radius 3 is 1.31 bits per heavy atom. The Bertz CT molecular complexity index is 2180. The first-order valence-electron chi connectivity index (χ1n) is 37.9. The van der Waals surface area contributed by atoms with Gasteiger partial charge in [-0.05, 0) is 189 Å². The molecule has 0 aliphatic carbocycles. The molecule has 0 aromatic heterocycles. The Labute approximate surface area is 587 Å². The van der Waals surface area contributed by atoms with E-state index >= 15 is 0 Å². The predicted octanol–water partition coefficient (Wildman–Crippen LogP) is 13.8. The smallest absolute Gasteiger partial charge is 0.154 e. The number of nitrogens with zero attached hydrogens (tertiary/aromatic N) is 8. The maximum absolute atomic E-state index is 12.1. The topological polar surface area (TPSA) is 157 Å². The molecular formula is C79H157N9O7. The number of carbonyl (C=O) groups excluding carboxylic acids is 7. The Balaban J connectivity index is 0. The number of likely N-dealkylation sites (N-methyl/N-ethyl adjacent to an activating group) is 2. The first kappa shape index (κ1) is 94.4. The molecule has 0 saturated carbocycles. The lowest BCUT2D eigenvalue weighted by atomic mass is 9.90. The van der Waals surface area contributed by atoms with Crippen molar-refractivity contribution in [1.29, 1.82) is 0 Å². The van der Waals surface area contributed by atoms with Gasteiger partial charge in [-0.15, -0.1) is 0 Å². The summed E-state index contributed by atoms with van der Waals surface area (Å²) in [4.78, 5) is 96.7. The number of ketones is 7. The zero-order valence-electron chi connectivity index (χ0n) is 68.8. The van der Waals surface area contributed by atoms with E-state index in [9.17, 15) is 33.6 Å². The molecular weight excluding hydrogens is 1190 g/mol. The third-order valence-electron chi connectivity index (χ3n) is 19.6.